The van der Waals surface area contributed by atoms with Crippen LogP contribution in [0.5, 0.6) is 0 Å². The van der Waals surface area contributed by atoms with Gasteiger partial charge in [-0.15, -0.1) is 0 Å². The summed E-state index contributed by atoms with van der Waals surface area (Å²) in [5.74, 6) is -1.27. The number of primary amides is 1. The third kappa shape index (κ3) is 3.63. The van der Waals surface area contributed by atoms with Gasteiger partial charge in [-0.2, -0.15) is 0 Å². The van der Waals surface area contributed by atoms with Crippen molar-refractivity contribution in [3.63, 3.8) is 0 Å². The molecule has 1 aromatic rings. The number of nitro groups is 1. The minimum absolute atomic E-state index is 0.0949. The fraction of sp³-hybridized carbons (Fsp3) is 0.364. The summed E-state index contributed by atoms with van der Waals surface area (Å²) >= 11 is 2.95. The van der Waals surface area contributed by atoms with E-state index < -0.39 is 27.8 Å². The molecule has 1 aromatic carbocycles. The van der Waals surface area contributed by atoms with E-state index in [1.807, 2.05) is 0 Å². The monoisotopic (exact) mass is 333 g/mol. The summed E-state index contributed by atoms with van der Waals surface area (Å²) in [4.78, 5) is 21.3. The van der Waals surface area contributed by atoms with Crippen LogP contribution in [0.15, 0.2) is 16.6 Å². The van der Waals surface area contributed by atoms with Crippen LogP contribution >= 0.6 is 15.9 Å². The molecular formula is C11H13BrFN3O3. The van der Waals surface area contributed by atoms with Crippen molar-refractivity contribution in [3.8, 4) is 0 Å². The quantitative estimate of drug-likeness (QED) is 0.638. The highest BCUT2D eigenvalue weighted by Gasteiger charge is 2.26. The largest absolute Gasteiger partial charge is 0.378 e. The number of carbonyl (C=O) groups is 1. The molecule has 0 saturated heterocycles. The van der Waals surface area contributed by atoms with E-state index in [0.717, 1.165) is 6.07 Å². The van der Waals surface area contributed by atoms with Crippen LogP contribution in [-0.4, -0.2) is 17.4 Å². The number of nitrogens with one attached hydrogen (secondary N) is 1. The topological polar surface area (TPSA) is 98.3 Å². The Morgan fingerprint density at radius 3 is 2.63 bits per heavy atom. The van der Waals surface area contributed by atoms with Crippen LogP contribution in [0.4, 0.5) is 15.8 Å². The van der Waals surface area contributed by atoms with Gasteiger partial charge < -0.3 is 11.1 Å². The van der Waals surface area contributed by atoms with E-state index in [1.54, 1.807) is 13.8 Å². The van der Waals surface area contributed by atoms with Crippen molar-refractivity contribution in [1.82, 2.24) is 0 Å². The zero-order valence-electron chi connectivity index (χ0n) is 10.4. The van der Waals surface area contributed by atoms with Crippen LogP contribution in [-0.2, 0) is 4.79 Å². The van der Waals surface area contributed by atoms with Gasteiger partial charge in [0.2, 0.25) is 5.91 Å². The summed E-state index contributed by atoms with van der Waals surface area (Å²) in [5.41, 5.74) is 4.04. The van der Waals surface area contributed by atoms with Gasteiger partial charge >= 0.3 is 0 Å². The normalized spacial score (nSPS) is 11.2. The number of hydrogen-bond acceptors (Lipinski definition) is 4. The predicted molar refractivity (Wildman–Crippen MR) is 72.2 cm³/mol. The summed E-state index contributed by atoms with van der Waals surface area (Å²) in [6.45, 7) is 3.31. The first-order valence-electron chi connectivity index (χ1n) is 5.32. The molecule has 6 nitrogen and oxygen atoms in total. The number of amides is 1. The van der Waals surface area contributed by atoms with Crippen molar-refractivity contribution < 1.29 is 14.1 Å². The maximum atomic E-state index is 13.3. The van der Waals surface area contributed by atoms with Crippen molar-refractivity contribution in [2.45, 2.75) is 13.8 Å². The Balaban J connectivity index is 3.04. The Hall–Kier alpha value is -1.70. The van der Waals surface area contributed by atoms with Gasteiger partial charge in [0, 0.05) is 6.54 Å². The van der Waals surface area contributed by atoms with Crippen molar-refractivity contribution in [3.05, 3.63) is 32.5 Å². The number of hydrogen-bond donors (Lipinski definition) is 2. The highest BCUT2D eigenvalue weighted by Crippen LogP contribution is 2.31. The lowest BCUT2D eigenvalue weighted by Gasteiger charge is -2.21. The van der Waals surface area contributed by atoms with Crippen LogP contribution < -0.4 is 11.1 Å². The van der Waals surface area contributed by atoms with Crippen LogP contribution in [0.2, 0.25) is 0 Å². The first-order valence-corrected chi connectivity index (χ1v) is 6.11. The molecule has 0 aliphatic heterocycles. The molecule has 3 N–H and O–H groups in total. The Kier molecular flexibility index (Phi) is 4.46. The zero-order chi connectivity index (χ0) is 14.8. The molecular weight excluding hydrogens is 321 g/mol. The van der Waals surface area contributed by atoms with Gasteiger partial charge in [0.1, 0.15) is 11.5 Å². The van der Waals surface area contributed by atoms with E-state index in [9.17, 15) is 19.3 Å². The summed E-state index contributed by atoms with van der Waals surface area (Å²) < 4.78 is 13.4. The number of rotatable bonds is 5. The molecule has 104 valence electrons. The molecule has 0 heterocycles. The Morgan fingerprint density at radius 1 is 1.58 bits per heavy atom. The molecule has 0 aromatic heterocycles. The van der Waals surface area contributed by atoms with Gasteiger partial charge in [0.25, 0.3) is 5.69 Å². The van der Waals surface area contributed by atoms with Gasteiger partial charge in [-0.05, 0) is 35.8 Å². The lowest BCUT2D eigenvalue weighted by molar-refractivity contribution is -0.384. The van der Waals surface area contributed by atoms with Crippen LogP contribution in [0.3, 0.4) is 0 Å². The maximum absolute atomic E-state index is 13.3. The third-order valence-electron chi connectivity index (χ3n) is 2.62. The second kappa shape index (κ2) is 5.52. The molecule has 0 aliphatic carbocycles. The molecule has 0 atom stereocenters. The number of nitro benzene ring substituents is 1. The Labute approximate surface area is 117 Å². The first-order chi connectivity index (χ1) is 8.65. The van der Waals surface area contributed by atoms with Gasteiger partial charge in [0.05, 0.1) is 20.9 Å². The standard InChI is InChI=1S/C11H13BrFN3O3/c1-11(2,10(14)17)5-15-8-3-6(12)7(13)4-9(8)16(18)19/h3-4,15H,5H2,1-2H3,(H2,14,17). The SMILES string of the molecule is CC(C)(CNc1cc(Br)c(F)cc1[N+](=O)[O-])C(N)=O. The van der Waals surface area contributed by atoms with E-state index in [-0.39, 0.29) is 16.7 Å². The predicted octanol–water partition coefficient (Wildman–Crippen LogP) is 2.42. The summed E-state index contributed by atoms with van der Waals surface area (Å²) in [6, 6.07) is 2.06. The second-order valence-electron chi connectivity index (χ2n) is 4.64. The third-order valence-corrected chi connectivity index (χ3v) is 3.23. The van der Waals surface area contributed by atoms with E-state index in [0.29, 0.717) is 0 Å². The van der Waals surface area contributed by atoms with Gasteiger partial charge in [-0.3, -0.25) is 14.9 Å². The van der Waals surface area contributed by atoms with Crippen LogP contribution in [0.25, 0.3) is 0 Å². The molecule has 1 rings (SSSR count). The number of nitrogens with zero attached hydrogens (tertiary/aromatic N) is 1. The average Bonchev–Trinajstić information content (AvgIpc) is 2.29. The van der Waals surface area contributed by atoms with Crippen molar-refractivity contribution in [2.24, 2.45) is 11.1 Å². The lowest BCUT2D eigenvalue weighted by Crippen LogP contribution is -2.37. The van der Waals surface area contributed by atoms with Gasteiger partial charge in [-0.25, -0.2) is 4.39 Å². The molecule has 0 fully saturated rings. The fourth-order valence-corrected chi connectivity index (χ4v) is 1.58. The van der Waals surface area contributed by atoms with Crippen LogP contribution in [0.1, 0.15) is 13.8 Å². The summed E-state index contributed by atoms with van der Waals surface area (Å²) in [5, 5.41) is 13.6. The molecule has 0 radical (unpaired) electrons. The van der Waals surface area contributed by atoms with Gasteiger partial charge in [-0.1, -0.05) is 0 Å². The van der Waals surface area contributed by atoms with E-state index in [4.69, 9.17) is 5.73 Å². The number of anilines is 1. The van der Waals surface area contributed by atoms with Crippen molar-refractivity contribution in [1.29, 1.82) is 0 Å². The number of nitrogens with two attached hydrogens (primary N) is 1. The first kappa shape index (κ1) is 15.4. The molecule has 1 amide bonds. The minimum atomic E-state index is -0.880. The van der Waals surface area contributed by atoms with E-state index >= 15 is 0 Å². The fourth-order valence-electron chi connectivity index (χ4n) is 1.23. The molecule has 0 aliphatic rings. The highest BCUT2D eigenvalue weighted by atomic mass is 79.9. The highest BCUT2D eigenvalue weighted by molar-refractivity contribution is 9.10. The maximum Gasteiger partial charge on any atom is 0.295 e. The zero-order valence-corrected chi connectivity index (χ0v) is 12.0. The lowest BCUT2D eigenvalue weighted by atomic mass is 9.92. The second-order valence-corrected chi connectivity index (χ2v) is 5.50. The van der Waals surface area contributed by atoms with Crippen molar-refractivity contribution >= 4 is 33.2 Å². The number of halogens is 2. The van der Waals surface area contributed by atoms with E-state index in [2.05, 4.69) is 21.2 Å². The summed E-state index contributed by atoms with van der Waals surface area (Å²) in [6.07, 6.45) is 0. The van der Waals surface area contributed by atoms with Crippen molar-refractivity contribution in [2.75, 3.05) is 11.9 Å². The number of benzene rings is 1. The Bertz CT molecular complexity index is 534. The average molecular weight is 334 g/mol. The molecule has 0 unspecified atom stereocenters. The Morgan fingerprint density at radius 2 is 2.16 bits per heavy atom. The van der Waals surface area contributed by atoms with Gasteiger partial charge in [0.15, 0.2) is 0 Å². The molecule has 0 spiro atoms. The molecule has 0 bridgehead atoms. The molecule has 8 heteroatoms. The summed E-state index contributed by atoms with van der Waals surface area (Å²) in [7, 11) is 0. The smallest absolute Gasteiger partial charge is 0.295 e. The van der Waals surface area contributed by atoms with E-state index in [1.165, 1.54) is 6.07 Å². The molecule has 0 saturated carbocycles. The van der Waals surface area contributed by atoms with Crippen LogP contribution in [0, 0.1) is 21.3 Å². The number of carbonyl (C=O) groups excluding carboxylic acids is 1. The minimum Gasteiger partial charge on any atom is -0.378 e. The molecule has 19 heavy (non-hydrogen) atoms.